The first-order valence-electron chi connectivity index (χ1n) is 5.99. The molecule has 0 radical (unpaired) electrons. The highest BCUT2D eigenvalue weighted by Gasteiger charge is 2.16. The Labute approximate surface area is 120 Å². The Balaban J connectivity index is 2.27. The maximum absolute atomic E-state index is 13.7. The molecule has 0 spiro atoms. The van der Waals surface area contributed by atoms with Crippen molar-refractivity contribution in [2.45, 2.75) is 13.0 Å². The minimum atomic E-state index is -0.500. The van der Waals surface area contributed by atoms with Crippen LogP contribution in [0.15, 0.2) is 46.9 Å². The van der Waals surface area contributed by atoms with Crippen molar-refractivity contribution < 1.29 is 9.13 Å². The average Bonchev–Trinajstić information content (AvgIpc) is 2.39. The average molecular weight is 324 g/mol. The summed E-state index contributed by atoms with van der Waals surface area (Å²) in [4.78, 5) is 0. The molecule has 19 heavy (non-hydrogen) atoms. The van der Waals surface area contributed by atoms with E-state index in [2.05, 4.69) is 15.9 Å². The van der Waals surface area contributed by atoms with Gasteiger partial charge in [-0.05, 0) is 46.6 Å². The standard InChI is InChI=1S/C15H15BrFNO/c1-10-6-7-14(12(16)8-10)19-15(9-18)11-4-2-3-5-13(11)17/h2-8,15H,9,18H2,1H3. The molecular formula is C15H15BrFNO. The third-order valence-corrected chi connectivity index (χ3v) is 3.44. The Hall–Kier alpha value is -1.39. The van der Waals surface area contributed by atoms with E-state index in [0.717, 1.165) is 10.0 Å². The molecule has 0 aliphatic heterocycles. The van der Waals surface area contributed by atoms with Crippen LogP contribution in [-0.2, 0) is 0 Å². The minimum Gasteiger partial charge on any atom is -0.483 e. The fourth-order valence-corrected chi connectivity index (χ4v) is 2.42. The van der Waals surface area contributed by atoms with Crippen molar-refractivity contribution in [2.24, 2.45) is 5.73 Å². The SMILES string of the molecule is Cc1ccc(OC(CN)c2ccccc2F)c(Br)c1. The quantitative estimate of drug-likeness (QED) is 0.923. The van der Waals surface area contributed by atoms with Gasteiger partial charge in [-0.2, -0.15) is 0 Å². The Bertz CT molecular complexity index is 574. The monoisotopic (exact) mass is 323 g/mol. The number of hydrogen-bond acceptors (Lipinski definition) is 2. The molecular weight excluding hydrogens is 309 g/mol. The lowest BCUT2D eigenvalue weighted by Crippen LogP contribution is -2.19. The predicted molar refractivity (Wildman–Crippen MR) is 77.7 cm³/mol. The molecule has 0 aromatic heterocycles. The van der Waals surface area contributed by atoms with Crippen molar-refractivity contribution in [1.82, 2.24) is 0 Å². The second-order valence-electron chi connectivity index (χ2n) is 4.30. The number of hydrogen-bond donors (Lipinski definition) is 1. The van der Waals surface area contributed by atoms with Gasteiger partial charge in [-0.25, -0.2) is 4.39 Å². The third-order valence-electron chi connectivity index (χ3n) is 2.82. The molecule has 1 unspecified atom stereocenters. The van der Waals surface area contributed by atoms with Crippen molar-refractivity contribution in [1.29, 1.82) is 0 Å². The molecule has 0 saturated carbocycles. The molecule has 2 rings (SSSR count). The first kappa shape index (κ1) is 14.0. The second kappa shape index (κ2) is 6.17. The summed E-state index contributed by atoms with van der Waals surface area (Å²) in [5.41, 5.74) is 7.28. The van der Waals surface area contributed by atoms with Crippen LogP contribution in [0.3, 0.4) is 0 Å². The largest absolute Gasteiger partial charge is 0.483 e. The normalized spacial score (nSPS) is 12.2. The maximum Gasteiger partial charge on any atom is 0.139 e. The fraction of sp³-hybridized carbons (Fsp3) is 0.200. The zero-order valence-corrected chi connectivity index (χ0v) is 12.2. The van der Waals surface area contributed by atoms with Crippen molar-refractivity contribution in [3.05, 3.63) is 63.9 Å². The molecule has 2 aromatic rings. The summed E-state index contributed by atoms with van der Waals surface area (Å²) in [6.45, 7) is 2.20. The lowest BCUT2D eigenvalue weighted by molar-refractivity contribution is 0.207. The zero-order valence-electron chi connectivity index (χ0n) is 10.6. The van der Waals surface area contributed by atoms with Crippen LogP contribution in [0, 0.1) is 12.7 Å². The van der Waals surface area contributed by atoms with Gasteiger partial charge in [0.1, 0.15) is 17.7 Å². The van der Waals surface area contributed by atoms with Crippen molar-refractivity contribution in [3.63, 3.8) is 0 Å². The summed E-state index contributed by atoms with van der Waals surface area (Å²) < 4.78 is 20.4. The summed E-state index contributed by atoms with van der Waals surface area (Å²) in [7, 11) is 0. The van der Waals surface area contributed by atoms with Gasteiger partial charge < -0.3 is 10.5 Å². The summed E-state index contributed by atoms with van der Waals surface area (Å²) >= 11 is 3.44. The molecule has 2 N–H and O–H groups in total. The number of aryl methyl sites for hydroxylation is 1. The van der Waals surface area contributed by atoms with Gasteiger partial charge in [-0.3, -0.25) is 0 Å². The highest BCUT2D eigenvalue weighted by molar-refractivity contribution is 9.10. The lowest BCUT2D eigenvalue weighted by Gasteiger charge is -2.19. The van der Waals surface area contributed by atoms with Crippen LogP contribution in [0.1, 0.15) is 17.2 Å². The van der Waals surface area contributed by atoms with E-state index in [1.807, 2.05) is 25.1 Å². The van der Waals surface area contributed by atoms with Gasteiger partial charge >= 0.3 is 0 Å². The zero-order chi connectivity index (χ0) is 13.8. The number of ether oxygens (including phenoxy) is 1. The van der Waals surface area contributed by atoms with E-state index >= 15 is 0 Å². The topological polar surface area (TPSA) is 35.2 Å². The van der Waals surface area contributed by atoms with Gasteiger partial charge in [-0.15, -0.1) is 0 Å². The first-order valence-corrected chi connectivity index (χ1v) is 6.78. The number of nitrogens with two attached hydrogens (primary N) is 1. The fourth-order valence-electron chi connectivity index (χ4n) is 1.83. The van der Waals surface area contributed by atoms with Crippen LogP contribution in [0.2, 0.25) is 0 Å². The second-order valence-corrected chi connectivity index (χ2v) is 5.15. The Kier molecular flexibility index (Phi) is 4.56. The van der Waals surface area contributed by atoms with Crippen molar-refractivity contribution >= 4 is 15.9 Å². The van der Waals surface area contributed by atoms with Crippen LogP contribution in [-0.4, -0.2) is 6.54 Å². The number of benzene rings is 2. The van der Waals surface area contributed by atoms with E-state index < -0.39 is 6.10 Å². The van der Waals surface area contributed by atoms with Crippen LogP contribution in [0.5, 0.6) is 5.75 Å². The molecule has 0 aliphatic carbocycles. The lowest BCUT2D eigenvalue weighted by atomic mass is 10.1. The summed E-state index contributed by atoms with van der Waals surface area (Å²) in [6, 6.07) is 12.3. The molecule has 0 amide bonds. The van der Waals surface area contributed by atoms with E-state index in [1.165, 1.54) is 6.07 Å². The Morgan fingerprint density at radius 1 is 1.26 bits per heavy atom. The number of rotatable bonds is 4. The Morgan fingerprint density at radius 3 is 2.63 bits per heavy atom. The molecule has 0 saturated heterocycles. The summed E-state index contributed by atoms with van der Waals surface area (Å²) in [6.07, 6.45) is -0.500. The summed E-state index contributed by atoms with van der Waals surface area (Å²) in [5.74, 6) is 0.352. The molecule has 0 heterocycles. The number of halogens is 2. The smallest absolute Gasteiger partial charge is 0.139 e. The van der Waals surface area contributed by atoms with Gasteiger partial charge in [0.25, 0.3) is 0 Å². The highest BCUT2D eigenvalue weighted by atomic mass is 79.9. The molecule has 2 nitrogen and oxygen atoms in total. The molecule has 0 fully saturated rings. The van der Waals surface area contributed by atoms with Crippen molar-refractivity contribution in [2.75, 3.05) is 6.54 Å². The van der Waals surface area contributed by atoms with Gasteiger partial charge in [0.15, 0.2) is 0 Å². The van der Waals surface area contributed by atoms with E-state index in [0.29, 0.717) is 11.3 Å². The molecule has 0 bridgehead atoms. The predicted octanol–water partition coefficient (Wildman–Crippen LogP) is 3.98. The highest BCUT2D eigenvalue weighted by Crippen LogP contribution is 2.30. The maximum atomic E-state index is 13.7. The van der Waals surface area contributed by atoms with Crippen LogP contribution in [0.4, 0.5) is 4.39 Å². The van der Waals surface area contributed by atoms with Crippen LogP contribution >= 0.6 is 15.9 Å². The Morgan fingerprint density at radius 2 is 2.00 bits per heavy atom. The minimum absolute atomic E-state index is 0.210. The first-order chi connectivity index (χ1) is 9.11. The molecule has 100 valence electrons. The molecule has 0 aliphatic rings. The van der Waals surface area contributed by atoms with Gasteiger partial charge in [0.2, 0.25) is 0 Å². The van der Waals surface area contributed by atoms with Gasteiger partial charge in [0.05, 0.1) is 4.47 Å². The van der Waals surface area contributed by atoms with E-state index in [1.54, 1.807) is 18.2 Å². The van der Waals surface area contributed by atoms with E-state index in [-0.39, 0.29) is 12.4 Å². The third kappa shape index (κ3) is 3.33. The van der Waals surface area contributed by atoms with Crippen LogP contribution < -0.4 is 10.5 Å². The summed E-state index contributed by atoms with van der Waals surface area (Å²) in [5, 5.41) is 0. The van der Waals surface area contributed by atoms with E-state index in [4.69, 9.17) is 10.5 Å². The van der Waals surface area contributed by atoms with E-state index in [9.17, 15) is 4.39 Å². The van der Waals surface area contributed by atoms with Crippen molar-refractivity contribution in [3.8, 4) is 5.75 Å². The van der Waals surface area contributed by atoms with Gasteiger partial charge in [-0.1, -0.05) is 24.3 Å². The molecule has 2 aromatic carbocycles. The molecule has 4 heteroatoms. The van der Waals surface area contributed by atoms with Crippen LogP contribution in [0.25, 0.3) is 0 Å². The van der Waals surface area contributed by atoms with Gasteiger partial charge in [0, 0.05) is 12.1 Å². The molecule has 1 atom stereocenters.